The van der Waals surface area contributed by atoms with E-state index in [2.05, 4.69) is 4.98 Å². The van der Waals surface area contributed by atoms with Gasteiger partial charge in [-0.15, -0.1) is 0 Å². The number of rotatable bonds is 2. The van der Waals surface area contributed by atoms with E-state index in [4.69, 9.17) is 21.4 Å². The number of nitrogens with one attached hydrogen (secondary N) is 1. The Morgan fingerprint density at radius 1 is 1.50 bits per heavy atom. The van der Waals surface area contributed by atoms with Gasteiger partial charge < -0.3 is 14.8 Å². The largest absolute Gasteiger partial charge is 0.494 e. The maximum absolute atomic E-state index is 10.9. The number of methoxy groups -OCH3 is 1. The Balaban J connectivity index is 2.83. The minimum Gasteiger partial charge on any atom is -0.494 e. The minimum atomic E-state index is -1.01. The number of carbonyl (C=O) groups is 1. The molecule has 0 amide bonds. The number of hydrogen-bond acceptors (Lipinski definition) is 2. The number of benzene rings is 1. The summed E-state index contributed by atoms with van der Waals surface area (Å²) in [7, 11) is 1.50. The lowest BCUT2D eigenvalue weighted by Crippen LogP contribution is -1.94. The average molecular weight is 240 g/mol. The van der Waals surface area contributed by atoms with E-state index in [0.717, 1.165) is 11.1 Å². The summed E-state index contributed by atoms with van der Waals surface area (Å²) in [5.74, 6) is -0.514. The van der Waals surface area contributed by atoms with Crippen molar-refractivity contribution in [2.24, 2.45) is 0 Å². The van der Waals surface area contributed by atoms with Crippen LogP contribution in [-0.2, 0) is 0 Å². The molecule has 16 heavy (non-hydrogen) atoms. The summed E-state index contributed by atoms with van der Waals surface area (Å²) in [6, 6.07) is 3.26. The molecule has 0 aliphatic carbocycles. The first-order valence-corrected chi connectivity index (χ1v) is 5.01. The van der Waals surface area contributed by atoms with E-state index >= 15 is 0 Å². The van der Waals surface area contributed by atoms with Gasteiger partial charge in [-0.2, -0.15) is 0 Å². The molecule has 2 rings (SSSR count). The number of halogens is 1. The number of aromatic nitrogens is 1. The molecule has 4 nitrogen and oxygen atoms in total. The van der Waals surface area contributed by atoms with Gasteiger partial charge in [0.05, 0.1) is 17.6 Å². The number of carboxylic acid groups (broad SMARTS) is 1. The zero-order valence-corrected chi connectivity index (χ0v) is 9.55. The highest BCUT2D eigenvalue weighted by Crippen LogP contribution is 2.35. The maximum Gasteiger partial charge on any atom is 0.352 e. The molecule has 1 aromatic heterocycles. The third-order valence-electron chi connectivity index (χ3n) is 2.45. The van der Waals surface area contributed by atoms with Crippen molar-refractivity contribution in [1.29, 1.82) is 0 Å². The van der Waals surface area contributed by atoms with E-state index in [9.17, 15) is 4.79 Å². The Kier molecular flexibility index (Phi) is 2.52. The highest BCUT2D eigenvalue weighted by atomic mass is 35.5. The Morgan fingerprint density at radius 3 is 2.75 bits per heavy atom. The van der Waals surface area contributed by atoms with E-state index in [-0.39, 0.29) is 5.69 Å². The number of H-pyrrole nitrogens is 1. The number of ether oxygens (including phenoxy) is 1. The van der Waals surface area contributed by atoms with Crippen LogP contribution in [0.4, 0.5) is 0 Å². The van der Waals surface area contributed by atoms with Gasteiger partial charge in [0, 0.05) is 5.39 Å². The van der Waals surface area contributed by atoms with Crippen LogP contribution in [-0.4, -0.2) is 23.2 Å². The Morgan fingerprint density at radius 2 is 2.19 bits per heavy atom. The molecule has 2 aromatic rings. The molecule has 0 aliphatic rings. The van der Waals surface area contributed by atoms with Crippen LogP contribution in [0.2, 0.25) is 5.02 Å². The molecule has 0 fully saturated rings. The summed E-state index contributed by atoms with van der Waals surface area (Å²) in [6.45, 7) is 1.86. The molecule has 0 unspecified atom stereocenters. The molecule has 0 bridgehead atoms. The van der Waals surface area contributed by atoms with Crippen LogP contribution in [0.3, 0.4) is 0 Å². The zero-order valence-electron chi connectivity index (χ0n) is 8.80. The molecular formula is C11H10ClNO3. The Hall–Kier alpha value is -1.68. The summed E-state index contributed by atoms with van der Waals surface area (Å²) in [4.78, 5) is 13.7. The van der Waals surface area contributed by atoms with Gasteiger partial charge in [0.15, 0.2) is 0 Å². The van der Waals surface area contributed by atoms with Crippen LogP contribution in [0.5, 0.6) is 5.75 Å². The highest BCUT2D eigenvalue weighted by molar-refractivity contribution is 6.33. The summed E-state index contributed by atoms with van der Waals surface area (Å²) >= 11 is 6.01. The van der Waals surface area contributed by atoms with Crippen LogP contribution in [0.25, 0.3) is 10.9 Å². The number of aryl methyl sites for hydroxylation is 1. The number of aromatic carboxylic acids is 1. The van der Waals surface area contributed by atoms with E-state index in [1.807, 2.05) is 6.92 Å². The summed E-state index contributed by atoms with van der Waals surface area (Å²) in [6.07, 6.45) is 0. The van der Waals surface area contributed by atoms with Crippen molar-refractivity contribution in [2.75, 3.05) is 7.11 Å². The first kappa shape index (κ1) is 10.8. The fourth-order valence-electron chi connectivity index (χ4n) is 1.72. The third-order valence-corrected chi connectivity index (χ3v) is 2.73. The van der Waals surface area contributed by atoms with Crippen molar-refractivity contribution in [3.05, 3.63) is 28.4 Å². The van der Waals surface area contributed by atoms with Crippen LogP contribution in [0, 0.1) is 6.92 Å². The van der Waals surface area contributed by atoms with Gasteiger partial charge in [-0.3, -0.25) is 0 Å². The number of hydrogen-bond donors (Lipinski definition) is 2. The monoisotopic (exact) mass is 239 g/mol. The fourth-order valence-corrected chi connectivity index (χ4v) is 2.07. The highest BCUT2D eigenvalue weighted by Gasteiger charge is 2.15. The van der Waals surface area contributed by atoms with Crippen molar-refractivity contribution >= 4 is 28.5 Å². The fraction of sp³-hybridized carbons (Fsp3) is 0.182. The van der Waals surface area contributed by atoms with E-state index < -0.39 is 5.97 Å². The minimum absolute atomic E-state index is 0.124. The van der Waals surface area contributed by atoms with Crippen molar-refractivity contribution in [2.45, 2.75) is 6.92 Å². The lowest BCUT2D eigenvalue weighted by Gasteiger charge is -2.06. The SMILES string of the molecule is COc1c(Cl)cc(C)c2[nH]c(C(=O)O)cc12. The quantitative estimate of drug-likeness (QED) is 0.847. The van der Waals surface area contributed by atoms with Gasteiger partial charge in [0.25, 0.3) is 0 Å². The van der Waals surface area contributed by atoms with Gasteiger partial charge in [-0.05, 0) is 24.6 Å². The Labute approximate surface area is 96.8 Å². The maximum atomic E-state index is 10.9. The van der Waals surface area contributed by atoms with Gasteiger partial charge >= 0.3 is 5.97 Å². The molecule has 1 heterocycles. The topological polar surface area (TPSA) is 62.3 Å². The number of aromatic amines is 1. The summed E-state index contributed by atoms with van der Waals surface area (Å²) < 4.78 is 5.16. The molecule has 0 spiro atoms. The number of carboxylic acids is 1. The normalized spacial score (nSPS) is 10.7. The average Bonchev–Trinajstić information content (AvgIpc) is 2.63. The van der Waals surface area contributed by atoms with E-state index in [1.54, 1.807) is 6.07 Å². The molecule has 0 radical (unpaired) electrons. The second-order valence-electron chi connectivity index (χ2n) is 3.49. The van der Waals surface area contributed by atoms with Gasteiger partial charge in [0.2, 0.25) is 0 Å². The molecule has 5 heteroatoms. The molecule has 2 N–H and O–H groups in total. The lowest BCUT2D eigenvalue weighted by atomic mass is 10.1. The standard InChI is InChI=1S/C11H10ClNO3/c1-5-3-7(12)10(16-2)6-4-8(11(14)15)13-9(5)6/h3-4,13H,1-2H3,(H,14,15). The zero-order chi connectivity index (χ0) is 11.9. The molecule has 0 aliphatic heterocycles. The van der Waals surface area contributed by atoms with E-state index in [0.29, 0.717) is 16.2 Å². The molecule has 1 aromatic carbocycles. The first-order chi connectivity index (χ1) is 7.54. The molecule has 0 atom stereocenters. The van der Waals surface area contributed by atoms with Crippen molar-refractivity contribution in [1.82, 2.24) is 4.98 Å². The molecular weight excluding hydrogens is 230 g/mol. The Bertz CT molecular complexity index is 574. The second-order valence-corrected chi connectivity index (χ2v) is 3.89. The van der Waals surface area contributed by atoms with Gasteiger partial charge in [-0.25, -0.2) is 4.79 Å². The van der Waals surface area contributed by atoms with Crippen molar-refractivity contribution in [3.63, 3.8) is 0 Å². The molecule has 0 saturated carbocycles. The lowest BCUT2D eigenvalue weighted by molar-refractivity contribution is 0.0691. The van der Waals surface area contributed by atoms with Crippen LogP contribution in [0.1, 0.15) is 16.1 Å². The summed E-state index contributed by atoms with van der Waals surface area (Å²) in [5.41, 5.74) is 1.74. The van der Waals surface area contributed by atoms with Crippen molar-refractivity contribution < 1.29 is 14.6 Å². The first-order valence-electron chi connectivity index (χ1n) is 4.63. The predicted molar refractivity (Wildman–Crippen MR) is 61.6 cm³/mol. The van der Waals surface area contributed by atoms with Crippen LogP contribution in [0.15, 0.2) is 12.1 Å². The van der Waals surface area contributed by atoms with Crippen molar-refractivity contribution in [3.8, 4) is 5.75 Å². The second kappa shape index (κ2) is 3.72. The van der Waals surface area contributed by atoms with Gasteiger partial charge in [-0.1, -0.05) is 11.6 Å². The summed E-state index contributed by atoms with van der Waals surface area (Å²) in [5, 5.41) is 10.1. The smallest absolute Gasteiger partial charge is 0.352 e. The van der Waals surface area contributed by atoms with Gasteiger partial charge in [0.1, 0.15) is 11.4 Å². The van der Waals surface area contributed by atoms with E-state index in [1.165, 1.54) is 13.2 Å². The molecule has 0 saturated heterocycles. The number of fused-ring (bicyclic) bond motifs is 1. The van der Waals surface area contributed by atoms with Crippen LogP contribution >= 0.6 is 11.6 Å². The molecule has 84 valence electrons. The predicted octanol–water partition coefficient (Wildman–Crippen LogP) is 2.84. The van der Waals surface area contributed by atoms with Crippen LogP contribution < -0.4 is 4.74 Å². The third kappa shape index (κ3) is 1.51.